The van der Waals surface area contributed by atoms with Crippen LogP contribution in [0.4, 0.5) is 0 Å². The summed E-state index contributed by atoms with van der Waals surface area (Å²) in [5, 5.41) is 9.89. The van der Waals surface area contributed by atoms with Crippen LogP contribution in [0.15, 0.2) is 24.3 Å². The van der Waals surface area contributed by atoms with Crippen molar-refractivity contribution in [1.29, 1.82) is 0 Å². The fourth-order valence-electron chi connectivity index (χ4n) is 2.68. The number of likely N-dealkylation sites (tertiary alicyclic amines) is 1. The van der Waals surface area contributed by atoms with E-state index in [0.29, 0.717) is 23.6 Å². The predicted molar refractivity (Wildman–Crippen MR) is 71.9 cm³/mol. The molecule has 5 heteroatoms. The number of nitrogens with zero attached hydrogens (tertiary/aromatic N) is 1. The Bertz CT molecular complexity index is 501. The monoisotopic (exact) mass is 281 g/mol. The zero-order chi connectivity index (χ0) is 14.0. The summed E-state index contributed by atoms with van der Waals surface area (Å²) in [7, 11) is 0. The van der Waals surface area contributed by atoms with E-state index in [4.69, 9.17) is 11.6 Å². The number of carboxylic acid groups (broad SMARTS) is 1. The third kappa shape index (κ3) is 2.59. The zero-order valence-electron chi connectivity index (χ0n) is 10.7. The third-order valence-corrected chi connectivity index (χ3v) is 3.93. The van der Waals surface area contributed by atoms with E-state index in [9.17, 15) is 14.7 Å². The molecule has 2 rings (SSSR count). The van der Waals surface area contributed by atoms with Crippen LogP contribution in [0, 0.1) is 5.92 Å². The second kappa shape index (κ2) is 5.61. The van der Waals surface area contributed by atoms with Gasteiger partial charge in [0.1, 0.15) is 0 Å². The Hall–Kier alpha value is -1.55. The number of carboxylic acids is 1. The van der Waals surface area contributed by atoms with Crippen molar-refractivity contribution in [3.05, 3.63) is 34.9 Å². The molecule has 2 unspecified atom stereocenters. The average Bonchev–Trinajstić information content (AvgIpc) is 2.38. The molecule has 0 radical (unpaired) electrons. The molecule has 19 heavy (non-hydrogen) atoms. The van der Waals surface area contributed by atoms with Crippen molar-refractivity contribution in [2.45, 2.75) is 25.8 Å². The number of aliphatic carboxylic acids is 1. The Morgan fingerprint density at radius 1 is 1.47 bits per heavy atom. The molecule has 0 saturated carbocycles. The van der Waals surface area contributed by atoms with Crippen molar-refractivity contribution in [2.75, 3.05) is 6.54 Å². The first-order chi connectivity index (χ1) is 9.06. The van der Waals surface area contributed by atoms with Crippen molar-refractivity contribution in [3.8, 4) is 0 Å². The molecule has 2 atom stereocenters. The second-order valence-corrected chi connectivity index (χ2v) is 5.04. The Balaban J connectivity index is 2.47. The maximum Gasteiger partial charge on any atom is 0.308 e. The molecular weight excluding hydrogens is 266 g/mol. The normalized spacial score (nSPS) is 23.5. The quantitative estimate of drug-likeness (QED) is 0.927. The number of piperidine rings is 1. The van der Waals surface area contributed by atoms with Crippen LogP contribution in [0.5, 0.6) is 0 Å². The van der Waals surface area contributed by atoms with E-state index in [-0.39, 0.29) is 12.3 Å². The number of carbonyl (C=O) groups is 2. The summed E-state index contributed by atoms with van der Waals surface area (Å²) in [6.07, 6.45) is 0.645. The summed E-state index contributed by atoms with van der Waals surface area (Å²) in [5.41, 5.74) is 0.714. The first kappa shape index (κ1) is 13.9. The average molecular weight is 282 g/mol. The molecule has 0 spiro atoms. The van der Waals surface area contributed by atoms with Gasteiger partial charge in [0.25, 0.3) is 0 Å². The molecule has 1 N–H and O–H groups in total. The van der Waals surface area contributed by atoms with E-state index in [1.165, 1.54) is 0 Å². The highest BCUT2D eigenvalue weighted by Crippen LogP contribution is 2.39. The lowest BCUT2D eigenvalue weighted by atomic mass is 9.84. The molecule has 1 aromatic carbocycles. The number of benzene rings is 1. The van der Waals surface area contributed by atoms with Crippen LogP contribution in [0.2, 0.25) is 5.02 Å². The largest absolute Gasteiger partial charge is 0.481 e. The van der Waals surface area contributed by atoms with Gasteiger partial charge >= 0.3 is 5.97 Å². The molecule has 0 aromatic heterocycles. The molecule has 0 bridgehead atoms. The number of rotatable bonds is 3. The van der Waals surface area contributed by atoms with Crippen LogP contribution in [0.3, 0.4) is 0 Å². The topological polar surface area (TPSA) is 57.6 Å². The summed E-state index contributed by atoms with van der Waals surface area (Å²) in [6.45, 7) is 2.34. The molecule has 0 aliphatic carbocycles. The molecule has 1 aliphatic heterocycles. The van der Waals surface area contributed by atoms with E-state index in [1.54, 1.807) is 23.1 Å². The van der Waals surface area contributed by atoms with Crippen molar-refractivity contribution < 1.29 is 14.7 Å². The second-order valence-electron chi connectivity index (χ2n) is 4.63. The van der Waals surface area contributed by atoms with Crippen LogP contribution in [-0.2, 0) is 9.59 Å². The van der Waals surface area contributed by atoms with Gasteiger partial charge in [0, 0.05) is 18.0 Å². The fraction of sp³-hybridized carbons (Fsp3) is 0.429. The van der Waals surface area contributed by atoms with Gasteiger partial charge in [-0.15, -0.1) is 0 Å². The van der Waals surface area contributed by atoms with Crippen molar-refractivity contribution in [1.82, 2.24) is 4.90 Å². The molecule has 1 heterocycles. The van der Waals surface area contributed by atoms with Gasteiger partial charge in [0.15, 0.2) is 0 Å². The van der Waals surface area contributed by atoms with E-state index in [2.05, 4.69) is 0 Å². The van der Waals surface area contributed by atoms with Gasteiger partial charge in [0.05, 0.1) is 12.0 Å². The molecule has 1 fully saturated rings. The fourth-order valence-corrected chi connectivity index (χ4v) is 2.93. The van der Waals surface area contributed by atoms with Crippen LogP contribution >= 0.6 is 11.6 Å². The standard InChI is InChI=1S/C14H16ClNO3/c1-2-16-12(17)8-7-10(14(18)19)13(16)9-5-3-4-6-11(9)15/h3-6,10,13H,2,7-8H2,1H3,(H,18,19). The van der Waals surface area contributed by atoms with Gasteiger partial charge < -0.3 is 10.0 Å². The molecule has 1 aliphatic rings. The van der Waals surface area contributed by atoms with E-state index >= 15 is 0 Å². The van der Waals surface area contributed by atoms with Crippen molar-refractivity contribution in [2.24, 2.45) is 5.92 Å². The highest BCUT2D eigenvalue weighted by molar-refractivity contribution is 6.31. The van der Waals surface area contributed by atoms with Crippen LogP contribution in [-0.4, -0.2) is 28.4 Å². The lowest BCUT2D eigenvalue weighted by molar-refractivity contribution is -0.151. The maximum atomic E-state index is 12.0. The number of hydrogen-bond acceptors (Lipinski definition) is 2. The van der Waals surface area contributed by atoms with Crippen LogP contribution in [0.25, 0.3) is 0 Å². The smallest absolute Gasteiger partial charge is 0.308 e. The van der Waals surface area contributed by atoms with Gasteiger partial charge in [-0.1, -0.05) is 29.8 Å². The molecule has 1 aromatic rings. The summed E-state index contributed by atoms with van der Waals surface area (Å²) in [4.78, 5) is 25.0. The first-order valence-corrected chi connectivity index (χ1v) is 6.70. The molecule has 1 saturated heterocycles. The van der Waals surface area contributed by atoms with Crippen LogP contribution in [0.1, 0.15) is 31.4 Å². The molecule has 4 nitrogen and oxygen atoms in total. The molecular formula is C14H16ClNO3. The summed E-state index contributed by atoms with van der Waals surface area (Å²) >= 11 is 6.17. The number of carbonyl (C=O) groups excluding carboxylic acids is 1. The van der Waals surface area contributed by atoms with Gasteiger partial charge in [0.2, 0.25) is 5.91 Å². The van der Waals surface area contributed by atoms with Gasteiger partial charge in [-0.3, -0.25) is 9.59 Å². The minimum absolute atomic E-state index is 0.00933. The minimum Gasteiger partial charge on any atom is -0.481 e. The maximum absolute atomic E-state index is 12.0. The number of amides is 1. The lowest BCUT2D eigenvalue weighted by Gasteiger charge is -2.39. The van der Waals surface area contributed by atoms with Gasteiger partial charge in [-0.2, -0.15) is 0 Å². The highest BCUT2D eigenvalue weighted by Gasteiger charge is 2.40. The van der Waals surface area contributed by atoms with E-state index in [1.807, 2.05) is 13.0 Å². The Morgan fingerprint density at radius 2 is 2.16 bits per heavy atom. The molecule has 102 valence electrons. The van der Waals surface area contributed by atoms with E-state index < -0.39 is 17.9 Å². The SMILES string of the molecule is CCN1C(=O)CCC(C(=O)O)C1c1ccccc1Cl. The van der Waals surface area contributed by atoms with Crippen LogP contribution < -0.4 is 0 Å². The summed E-state index contributed by atoms with van der Waals surface area (Å²) in [6, 6.07) is 6.65. The van der Waals surface area contributed by atoms with E-state index in [0.717, 1.165) is 0 Å². The summed E-state index contributed by atoms with van der Waals surface area (Å²) in [5.74, 6) is -1.49. The van der Waals surface area contributed by atoms with Gasteiger partial charge in [-0.25, -0.2) is 0 Å². The Kier molecular flexibility index (Phi) is 4.10. The number of halogens is 1. The number of hydrogen-bond donors (Lipinski definition) is 1. The zero-order valence-corrected chi connectivity index (χ0v) is 11.4. The summed E-state index contributed by atoms with van der Waals surface area (Å²) < 4.78 is 0. The van der Waals surface area contributed by atoms with Gasteiger partial charge in [-0.05, 0) is 25.0 Å². The third-order valence-electron chi connectivity index (χ3n) is 3.59. The Morgan fingerprint density at radius 3 is 2.74 bits per heavy atom. The Labute approximate surface area is 117 Å². The lowest BCUT2D eigenvalue weighted by Crippen LogP contribution is -2.45. The first-order valence-electron chi connectivity index (χ1n) is 6.33. The predicted octanol–water partition coefficient (Wildman–Crippen LogP) is 2.72. The van der Waals surface area contributed by atoms with Crippen molar-refractivity contribution >= 4 is 23.5 Å². The van der Waals surface area contributed by atoms with Crippen molar-refractivity contribution in [3.63, 3.8) is 0 Å². The highest BCUT2D eigenvalue weighted by atomic mass is 35.5. The molecule has 1 amide bonds. The minimum atomic E-state index is -0.879.